The normalized spacial score (nSPS) is 24.2. The van der Waals surface area contributed by atoms with Crippen LogP contribution in [0, 0.1) is 12.7 Å². The third-order valence-electron chi connectivity index (χ3n) is 3.35. The maximum absolute atomic E-state index is 13.1. The SMILES string of the molecule is Cc1cc(CNCC2(C)CCCS2)ccc1F. The number of nitrogens with one attached hydrogen (secondary N) is 1. The quantitative estimate of drug-likeness (QED) is 0.881. The third-order valence-corrected chi connectivity index (χ3v) is 4.89. The molecule has 0 aliphatic carbocycles. The number of aryl methyl sites for hydroxylation is 1. The Hall–Kier alpha value is -0.540. The lowest BCUT2D eigenvalue weighted by Gasteiger charge is -2.23. The number of hydrogen-bond acceptors (Lipinski definition) is 2. The summed E-state index contributed by atoms with van der Waals surface area (Å²) in [6.45, 7) is 6.01. The van der Waals surface area contributed by atoms with Gasteiger partial charge in [-0.05, 0) is 49.6 Å². The Balaban J connectivity index is 1.83. The first-order valence-electron chi connectivity index (χ1n) is 6.19. The van der Waals surface area contributed by atoms with Gasteiger partial charge < -0.3 is 5.32 Å². The topological polar surface area (TPSA) is 12.0 Å². The molecule has 1 N–H and O–H groups in total. The molecular weight excluding hydrogens is 233 g/mol. The van der Waals surface area contributed by atoms with Gasteiger partial charge in [-0.2, -0.15) is 11.8 Å². The molecule has 1 atom stereocenters. The summed E-state index contributed by atoms with van der Waals surface area (Å²) in [5, 5.41) is 3.49. The van der Waals surface area contributed by atoms with E-state index < -0.39 is 0 Å². The van der Waals surface area contributed by atoms with Gasteiger partial charge in [0.2, 0.25) is 0 Å². The number of benzene rings is 1. The van der Waals surface area contributed by atoms with Crippen LogP contribution in [0.3, 0.4) is 0 Å². The van der Waals surface area contributed by atoms with Crippen molar-refractivity contribution < 1.29 is 4.39 Å². The van der Waals surface area contributed by atoms with Crippen molar-refractivity contribution in [1.29, 1.82) is 0 Å². The van der Waals surface area contributed by atoms with Crippen LogP contribution in [0.25, 0.3) is 0 Å². The minimum absolute atomic E-state index is 0.118. The third kappa shape index (κ3) is 3.46. The van der Waals surface area contributed by atoms with Crippen molar-refractivity contribution in [1.82, 2.24) is 5.32 Å². The van der Waals surface area contributed by atoms with E-state index in [0.717, 1.165) is 24.2 Å². The maximum atomic E-state index is 13.1. The van der Waals surface area contributed by atoms with E-state index in [9.17, 15) is 4.39 Å². The zero-order chi connectivity index (χ0) is 12.3. The maximum Gasteiger partial charge on any atom is 0.126 e. The average molecular weight is 253 g/mol. The zero-order valence-corrected chi connectivity index (χ0v) is 11.4. The standard InChI is InChI=1S/C14H20FNS/c1-11-8-12(4-5-13(11)15)9-16-10-14(2)6-3-7-17-14/h4-5,8,16H,3,6-7,9-10H2,1-2H3. The van der Waals surface area contributed by atoms with Gasteiger partial charge in [-0.3, -0.25) is 0 Å². The number of halogens is 1. The summed E-state index contributed by atoms with van der Waals surface area (Å²) >= 11 is 2.06. The lowest BCUT2D eigenvalue weighted by Crippen LogP contribution is -2.32. The van der Waals surface area contributed by atoms with Crippen molar-refractivity contribution in [3.05, 3.63) is 35.1 Å². The summed E-state index contributed by atoms with van der Waals surface area (Å²) in [7, 11) is 0. The molecule has 0 spiro atoms. The van der Waals surface area contributed by atoms with E-state index in [-0.39, 0.29) is 5.82 Å². The molecule has 3 heteroatoms. The zero-order valence-electron chi connectivity index (χ0n) is 10.6. The highest BCUT2D eigenvalue weighted by Crippen LogP contribution is 2.36. The highest BCUT2D eigenvalue weighted by molar-refractivity contribution is 8.00. The van der Waals surface area contributed by atoms with Crippen molar-refractivity contribution in [3.8, 4) is 0 Å². The van der Waals surface area contributed by atoms with Crippen molar-refractivity contribution in [2.24, 2.45) is 0 Å². The van der Waals surface area contributed by atoms with Crippen LogP contribution in [0.1, 0.15) is 30.9 Å². The summed E-state index contributed by atoms with van der Waals surface area (Å²) < 4.78 is 13.5. The van der Waals surface area contributed by atoms with Gasteiger partial charge in [-0.15, -0.1) is 0 Å². The fourth-order valence-electron chi connectivity index (χ4n) is 2.26. The Morgan fingerprint density at radius 1 is 1.47 bits per heavy atom. The summed E-state index contributed by atoms with van der Waals surface area (Å²) in [5.74, 6) is 1.17. The van der Waals surface area contributed by atoms with Crippen LogP contribution in [-0.4, -0.2) is 17.0 Å². The summed E-state index contributed by atoms with van der Waals surface area (Å²) in [4.78, 5) is 0. The number of hydrogen-bond donors (Lipinski definition) is 1. The monoisotopic (exact) mass is 253 g/mol. The van der Waals surface area contributed by atoms with E-state index in [1.54, 1.807) is 6.07 Å². The molecule has 0 amide bonds. The molecule has 0 saturated carbocycles. The van der Waals surface area contributed by atoms with Gasteiger partial charge in [-0.1, -0.05) is 12.1 Å². The average Bonchev–Trinajstić information content (AvgIpc) is 2.71. The van der Waals surface area contributed by atoms with Crippen LogP contribution in [0.4, 0.5) is 4.39 Å². The second kappa shape index (κ2) is 5.40. The Morgan fingerprint density at radius 3 is 2.94 bits per heavy atom. The number of thioether (sulfide) groups is 1. The molecular formula is C14H20FNS. The van der Waals surface area contributed by atoms with Gasteiger partial charge in [0.1, 0.15) is 5.82 Å². The lowest BCUT2D eigenvalue weighted by molar-refractivity contribution is 0.536. The van der Waals surface area contributed by atoms with E-state index in [0.29, 0.717) is 4.75 Å². The van der Waals surface area contributed by atoms with Gasteiger partial charge in [0.05, 0.1) is 0 Å². The molecule has 0 radical (unpaired) electrons. The first kappa shape index (κ1) is 12.9. The van der Waals surface area contributed by atoms with E-state index in [4.69, 9.17) is 0 Å². The second-order valence-corrected chi connectivity index (χ2v) is 6.77. The highest BCUT2D eigenvalue weighted by atomic mass is 32.2. The molecule has 1 nitrogen and oxygen atoms in total. The molecule has 1 aliphatic rings. The van der Waals surface area contributed by atoms with Crippen molar-refractivity contribution in [3.63, 3.8) is 0 Å². The molecule has 0 aromatic heterocycles. The minimum atomic E-state index is -0.118. The van der Waals surface area contributed by atoms with Crippen LogP contribution in [0.15, 0.2) is 18.2 Å². The summed E-state index contributed by atoms with van der Waals surface area (Å²) in [6, 6.07) is 5.34. The van der Waals surface area contributed by atoms with E-state index in [2.05, 4.69) is 24.0 Å². The Morgan fingerprint density at radius 2 is 2.29 bits per heavy atom. The molecule has 1 heterocycles. The molecule has 17 heavy (non-hydrogen) atoms. The molecule has 1 saturated heterocycles. The Bertz CT molecular complexity index is 386. The highest BCUT2D eigenvalue weighted by Gasteiger charge is 2.28. The fourth-order valence-corrected chi connectivity index (χ4v) is 3.54. The first-order valence-corrected chi connectivity index (χ1v) is 7.17. The molecule has 1 unspecified atom stereocenters. The van der Waals surface area contributed by atoms with Crippen LogP contribution in [0.2, 0.25) is 0 Å². The van der Waals surface area contributed by atoms with Crippen molar-refractivity contribution >= 4 is 11.8 Å². The largest absolute Gasteiger partial charge is 0.311 e. The summed E-state index contributed by atoms with van der Waals surface area (Å²) in [6.07, 6.45) is 2.63. The smallest absolute Gasteiger partial charge is 0.126 e. The summed E-state index contributed by atoms with van der Waals surface area (Å²) in [5.41, 5.74) is 1.89. The first-order chi connectivity index (χ1) is 8.09. The van der Waals surface area contributed by atoms with Crippen LogP contribution >= 0.6 is 11.8 Å². The molecule has 1 aromatic carbocycles. The van der Waals surface area contributed by atoms with Crippen molar-refractivity contribution in [2.75, 3.05) is 12.3 Å². The predicted molar refractivity (Wildman–Crippen MR) is 72.9 cm³/mol. The molecule has 1 fully saturated rings. The van der Waals surface area contributed by atoms with Crippen LogP contribution in [-0.2, 0) is 6.54 Å². The Kier molecular flexibility index (Phi) is 4.10. The van der Waals surface area contributed by atoms with Gasteiger partial charge in [0, 0.05) is 17.8 Å². The van der Waals surface area contributed by atoms with Crippen LogP contribution < -0.4 is 5.32 Å². The fraction of sp³-hybridized carbons (Fsp3) is 0.571. The molecule has 94 valence electrons. The minimum Gasteiger partial charge on any atom is -0.311 e. The number of rotatable bonds is 4. The molecule has 0 bridgehead atoms. The lowest BCUT2D eigenvalue weighted by atomic mass is 10.1. The van der Waals surface area contributed by atoms with Crippen LogP contribution in [0.5, 0.6) is 0 Å². The van der Waals surface area contributed by atoms with E-state index in [1.165, 1.54) is 18.6 Å². The van der Waals surface area contributed by atoms with Gasteiger partial charge in [-0.25, -0.2) is 4.39 Å². The van der Waals surface area contributed by atoms with E-state index in [1.807, 2.05) is 19.1 Å². The van der Waals surface area contributed by atoms with Crippen molar-refractivity contribution in [2.45, 2.75) is 38.0 Å². The van der Waals surface area contributed by atoms with Gasteiger partial charge in [0.25, 0.3) is 0 Å². The molecule has 1 aromatic rings. The van der Waals surface area contributed by atoms with E-state index >= 15 is 0 Å². The second-order valence-electron chi connectivity index (χ2n) is 5.09. The van der Waals surface area contributed by atoms with Gasteiger partial charge in [0.15, 0.2) is 0 Å². The Labute approximate surface area is 107 Å². The predicted octanol–water partition coefficient (Wildman–Crippen LogP) is 3.51. The van der Waals surface area contributed by atoms with Gasteiger partial charge >= 0.3 is 0 Å². The molecule has 1 aliphatic heterocycles. The molecule has 2 rings (SSSR count).